The van der Waals surface area contributed by atoms with Gasteiger partial charge in [-0.2, -0.15) is 0 Å². The van der Waals surface area contributed by atoms with E-state index in [4.69, 9.17) is 0 Å². The van der Waals surface area contributed by atoms with Crippen LogP contribution in [0.25, 0.3) is 0 Å². The van der Waals surface area contributed by atoms with E-state index in [-0.39, 0.29) is 5.92 Å². The average molecular weight is 350 g/mol. The van der Waals surface area contributed by atoms with Gasteiger partial charge in [-0.25, -0.2) is 0 Å². The van der Waals surface area contributed by atoms with Gasteiger partial charge in [0.1, 0.15) is 0 Å². The van der Waals surface area contributed by atoms with Crippen LogP contribution in [-0.2, 0) is 0 Å². The molecule has 138 valence electrons. The number of nitrogens with zero attached hydrogens (tertiary/aromatic N) is 1. The lowest BCUT2D eigenvalue weighted by atomic mass is 9.68. The van der Waals surface area contributed by atoms with Crippen molar-refractivity contribution in [3.63, 3.8) is 0 Å². The number of fused-ring (bicyclic) bond motifs is 3. The Labute approximate surface area is 157 Å². The van der Waals surface area contributed by atoms with E-state index in [0.717, 1.165) is 32.4 Å². The summed E-state index contributed by atoms with van der Waals surface area (Å²) in [5.74, 6) is 1.12. The lowest BCUT2D eigenvalue weighted by molar-refractivity contribution is -0.0481. The minimum absolute atomic E-state index is 0.284. The summed E-state index contributed by atoms with van der Waals surface area (Å²) in [6.45, 7) is 6.49. The third kappa shape index (κ3) is 2.27. The summed E-state index contributed by atoms with van der Waals surface area (Å²) in [6.07, 6.45) is 18.3. The van der Waals surface area contributed by atoms with Crippen LogP contribution < -0.4 is 0 Å². The van der Waals surface area contributed by atoms with Crippen LogP contribution in [0.3, 0.4) is 0 Å². The van der Waals surface area contributed by atoms with Crippen LogP contribution in [-0.4, -0.2) is 28.7 Å². The van der Waals surface area contributed by atoms with Gasteiger partial charge in [0.2, 0.25) is 0 Å². The number of aliphatic hydroxyl groups is 1. The maximum absolute atomic E-state index is 11.9. The zero-order valence-electron chi connectivity index (χ0n) is 16.2. The molecular formula is C24H31NO. The second kappa shape index (κ2) is 5.99. The van der Waals surface area contributed by atoms with Crippen LogP contribution in [0.1, 0.15) is 52.4 Å². The molecule has 0 radical (unpaired) electrons. The van der Waals surface area contributed by atoms with Gasteiger partial charge in [-0.05, 0) is 67.2 Å². The maximum Gasteiger partial charge on any atom is 0.0776 e. The van der Waals surface area contributed by atoms with Crippen molar-refractivity contribution >= 4 is 0 Å². The SMILES string of the molecule is CC(C)C1(O)CC2=C3C(=C4C=CCCC41)CN1CC=CC=C1C3CCC2. The second-order valence-corrected chi connectivity index (χ2v) is 9.15. The van der Waals surface area contributed by atoms with Crippen molar-refractivity contribution in [1.82, 2.24) is 4.90 Å². The summed E-state index contributed by atoms with van der Waals surface area (Å²) in [4.78, 5) is 2.58. The quantitative estimate of drug-likeness (QED) is 0.727. The van der Waals surface area contributed by atoms with Gasteiger partial charge >= 0.3 is 0 Å². The number of hydrogen-bond donors (Lipinski definition) is 1. The molecule has 3 unspecified atom stereocenters. The molecule has 1 N–H and O–H groups in total. The molecule has 0 saturated carbocycles. The first kappa shape index (κ1) is 16.6. The lowest BCUT2D eigenvalue weighted by Gasteiger charge is -2.44. The Balaban J connectivity index is 1.74. The molecule has 1 fully saturated rings. The Hall–Kier alpha value is -1.54. The van der Waals surface area contributed by atoms with Crippen LogP contribution >= 0.6 is 0 Å². The average Bonchev–Trinajstić information content (AvgIpc) is 2.77. The van der Waals surface area contributed by atoms with Crippen molar-refractivity contribution in [2.45, 2.75) is 58.0 Å². The van der Waals surface area contributed by atoms with Crippen LogP contribution in [0, 0.1) is 17.8 Å². The molecule has 0 aromatic rings. The first-order valence-electron chi connectivity index (χ1n) is 10.6. The van der Waals surface area contributed by atoms with Crippen LogP contribution in [0.4, 0.5) is 0 Å². The molecule has 1 saturated heterocycles. The maximum atomic E-state index is 11.9. The highest BCUT2D eigenvalue weighted by molar-refractivity contribution is 5.55. The van der Waals surface area contributed by atoms with E-state index in [9.17, 15) is 5.11 Å². The lowest BCUT2D eigenvalue weighted by Crippen LogP contribution is -2.44. The molecule has 5 aliphatic rings. The number of rotatable bonds is 1. The Kier molecular flexibility index (Phi) is 3.83. The summed E-state index contributed by atoms with van der Waals surface area (Å²) >= 11 is 0. The highest BCUT2D eigenvalue weighted by Gasteiger charge is 2.48. The molecule has 0 bridgehead atoms. The van der Waals surface area contributed by atoms with Crippen molar-refractivity contribution < 1.29 is 5.11 Å². The normalized spacial score (nSPS) is 35.8. The van der Waals surface area contributed by atoms with Gasteiger partial charge in [-0.15, -0.1) is 0 Å². The predicted octanol–water partition coefficient (Wildman–Crippen LogP) is 4.91. The van der Waals surface area contributed by atoms with Crippen molar-refractivity contribution in [2.24, 2.45) is 17.8 Å². The number of allylic oxidation sites excluding steroid dienone is 5. The molecule has 5 rings (SSSR count). The largest absolute Gasteiger partial charge is 0.389 e. The smallest absolute Gasteiger partial charge is 0.0776 e. The first-order chi connectivity index (χ1) is 12.6. The molecule has 26 heavy (non-hydrogen) atoms. The summed E-state index contributed by atoms with van der Waals surface area (Å²) in [6, 6.07) is 0. The molecular weight excluding hydrogens is 318 g/mol. The van der Waals surface area contributed by atoms with Gasteiger partial charge in [0, 0.05) is 30.6 Å². The zero-order chi connectivity index (χ0) is 17.9. The van der Waals surface area contributed by atoms with E-state index in [1.165, 1.54) is 30.5 Å². The van der Waals surface area contributed by atoms with Gasteiger partial charge in [0.25, 0.3) is 0 Å². The molecule has 2 nitrogen and oxygen atoms in total. The second-order valence-electron chi connectivity index (χ2n) is 9.15. The summed E-state index contributed by atoms with van der Waals surface area (Å²) < 4.78 is 0. The van der Waals surface area contributed by atoms with Crippen LogP contribution in [0.15, 0.2) is 58.4 Å². The van der Waals surface area contributed by atoms with Crippen molar-refractivity contribution in [2.75, 3.05) is 13.1 Å². The third-order valence-electron chi connectivity index (χ3n) is 7.57. The fraction of sp³-hybridized carbons (Fsp3) is 0.583. The van der Waals surface area contributed by atoms with Crippen LogP contribution in [0.2, 0.25) is 0 Å². The Morgan fingerprint density at radius 3 is 2.96 bits per heavy atom. The van der Waals surface area contributed by atoms with Gasteiger partial charge in [0.15, 0.2) is 0 Å². The molecule has 0 amide bonds. The van der Waals surface area contributed by atoms with E-state index in [0.29, 0.717) is 11.8 Å². The van der Waals surface area contributed by atoms with Gasteiger partial charge in [-0.1, -0.05) is 43.7 Å². The fourth-order valence-electron chi connectivity index (χ4n) is 6.18. The Morgan fingerprint density at radius 1 is 1.23 bits per heavy atom. The molecule has 0 aromatic heterocycles. The zero-order valence-corrected chi connectivity index (χ0v) is 16.2. The molecule has 0 spiro atoms. The Morgan fingerprint density at radius 2 is 2.12 bits per heavy atom. The number of piperidine rings is 1. The highest BCUT2D eigenvalue weighted by Crippen LogP contribution is 2.54. The standard InChI is InChI=1S/C24H31NO/c1-16(2)24(26)14-17-8-7-10-19-22-12-5-6-13-25(22)15-20(23(17)19)18-9-3-4-11-21(18)24/h3,5-6,9,12,16,19,21,26H,4,7-8,10-11,13-15H2,1-2H3. The van der Waals surface area contributed by atoms with Crippen molar-refractivity contribution in [1.29, 1.82) is 0 Å². The third-order valence-corrected chi connectivity index (χ3v) is 7.57. The van der Waals surface area contributed by atoms with E-state index in [1.54, 1.807) is 16.7 Å². The van der Waals surface area contributed by atoms with E-state index < -0.39 is 5.60 Å². The summed E-state index contributed by atoms with van der Waals surface area (Å²) in [5, 5.41) is 11.9. The minimum atomic E-state index is -0.595. The molecule has 2 aliphatic heterocycles. The summed E-state index contributed by atoms with van der Waals surface area (Å²) in [7, 11) is 0. The van der Waals surface area contributed by atoms with E-state index >= 15 is 0 Å². The molecule has 2 heterocycles. The Bertz CT molecular complexity index is 778. The van der Waals surface area contributed by atoms with Gasteiger partial charge in [-0.3, -0.25) is 0 Å². The van der Waals surface area contributed by atoms with E-state index in [2.05, 4.69) is 49.1 Å². The number of hydrogen-bond acceptors (Lipinski definition) is 2. The van der Waals surface area contributed by atoms with E-state index in [1.807, 2.05) is 0 Å². The van der Waals surface area contributed by atoms with Gasteiger partial charge < -0.3 is 10.0 Å². The van der Waals surface area contributed by atoms with Gasteiger partial charge in [0.05, 0.1) is 5.60 Å². The fourth-order valence-corrected chi connectivity index (χ4v) is 6.18. The molecule has 2 heteroatoms. The van der Waals surface area contributed by atoms with Crippen molar-refractivity contribution in [3.8, 4) is 0 Å². The van der Waals surface area contributed by atoms with Crippen molar-refractivity contribution in [3.05, 3.63) is 58.4 Å². The molecule has 3 aliphatic carbocycles. The topological polar surface area (TPSA) is 23.5 Å². The first-order valence-corrected chi connectivity index (χ1v) is 10.6. The van der Waals surface area contributed by atoms with Crippen LogP contribution in [0.5, 0.6) is 0 Å². The predicted molar refractivity (Wildman–Crippen MR) is 106 cm³/mol. The highest BCUT2D eigenvalue weighted by atomic mass is 16.3. The minimum Gasteiger partial charge on any atom is -0.389 e. The summed E-state index contributed by atoms with van der Waals surface area (Å²) in [5.41, 5.74) is 7.14. The molecule has 3 atom stereocenters. The molecule has 0 aromatic carbocycles. The monoisotopic (exact) mass is 349 g/mol.